The van der Waals surface area contributed by atoms with Crippen LogP contribution in [0.1, 0.15) is 54.8 Å². The molecule has 12 heteroatoms. The van der Waals surface area contributed by atoms with E-state index in [-0.39, 0.29) is 30.0 Å². The SMILES string of the molecule is CC(C)[C@H](NCCC(C(=O)c1ccc(C(=O)NCC(=O)O)cc1)C(=O)[C@H](N)C(C)C)C(=O)C(F)(F)F. The number of Topliss-reactive ketones (excluding diaryl/α,β-unsaturated/α-hetero) is 3. The molecule has 36 heavy (non-hydrogen) atoms. The summed E-state index contributed by atoms with van der Waals surface area (Å²) in [6, 6.07) is 2.59. The van der Waals surface area contributed by atoms with Gasteiger partial charge in [0, 0.05) is 11.1 Å². The average molecular weight is 516 g/mol. The number of carboxylic acids is 1. The number of rotatable bonds is 14. The fourth-order valence-corrected chi connectivity index (χ4v) is 3.40. The van der Waals surface area contributed by atoms with E-state index in [1.54, 1.807) is 13.8 Å². The minimum atomic E-state index is -5.04. The lowest BCUT2D eigenvalue weighted by Crippen LogP contribution is -2.49. The number of aliphatic carboxylic acids is 1. The van der Waals surface area contributed by atoms with Crippen LogP contribution in [0.4, 0.5) is 13.2 Å². The molecule has 0 spiro atoms. The predicted octanol–water partition coefficient (Wildman–Crippen LogP) is 1.99. The number of ketones is 3. The second-order valence-electron chi connectivity index (χ2n) is 9.07. The molecule has 0 aliphatic carbocycles. The van der Waals surface area contributed by atoms with Crippen molar-refractivity contribution in [1.82, 2.24) is 10.6 Å². The third kappa shape index (κ3) is 8.83. The van der Waals surface area contributed by atoms with Crippen molar-refractivity contribution in [2.75, 3.05) is 13.1 Å². The van der Waals surface area contributed by atoms with Crippen molar-refractivity contribution in [3.8, 4) is 0 Å². The van der Waals surface area contributed by atoms with Crippen LogP contribution < -0.4 is 16.4 Å². The molecule has 5 N–H and O–H groups in total. The van der Waals surface area contributed by atoms with Crippen LogP contribution >= 0.6 is 0 Å². The highest BCUT2D eigenvalue weighted by atomic mass is 19.4. The number of hydrogen-bond acceptors (Lipinski definition) is 7. The molecule has 1 unspecified atom stereocenters. The predicted molar refractivity (Wildman–Crippen MR) is 124 cm³/mol. The Balaban J connectivity index is 3.09. The zero-order chi connectivity index (χ0) is 27.8. The summed E-state index contributed by atoms with van der Waals surface area (Å²) in [6.45, 7) is 5.43. The Morgan fingerprint density at radius 1 is 0.944 bits per heavy atom. The van der Waals surface area contributed by atoms with Gasteiger partial charge in [0.15, 0.2) is 11.6 Å². The molecule has 1 amide bonds. The molecule has 0 radical (unpaired) electrons. The van der Waals surface area contributed by atoms with Crippen LogP contribution in [0.5, 0.6) is 0 Å². The van der Waals surface area contributed by atoms with Crippen molar-refractivity contribution in [2.24, 2.45) is 23.5 Å². The van der Waals surface area contributed by atoms with Crippen LogP contribution in [-0.2, 0) is 14.4 Å². The number of carbonyl (C=O) groups is 5. The van der Waals surface area contributed by atoms with Crippen molar-refractivity contribution in [2.45, 2.75) is 52.4 Å². The maximum Gasteiger partial charge on any atom is 0.451 e. The summed E-state index contributed by atoms with van der Waals surface area (Å²) in [6.07, 6.45) is -5.24. The van der Waals surface area contributed by atoms with E-state index in [1.165, 1.54) is 38.1 Å². The van der Waals surface area contributed by atoms with Gasteiger partial charge < -0.3 is 21.5 Å². The monoisotopic (exact) mass is 515 g/mol. The number of alkyl halides is 3. The highest BCUT2D eigenvalue weighted by Gasteiger charge is 2.44. The Hall–Kier alpha value is -3.12. The minimum absolute atomic E-state index is 0.0610. The van der Waals surface area contributed by atoms with Crippen molar-refractivity contribution in [1.29, 1.82) is 0 Å². The topological polar surface area (TPSA) is 156 Å². The molecule has 0 heterocycles. The van der Waals surface area contributed by atoms with E-state index in [0.29, 0.717) is 0 Å². The summed E-state index contributed by atoms with van der Waals surface area (Å²) in [5.74, 6) is -7.38. The molecule has 9 nitrogen and oxygen atoms in total. The molecule has 0 fully saturated rings. The summed E-state index contributed by atoms with van der Waals surface area (Å²) in [4.78, 5) is 60.5. The van der Waals surface area contributed by atoms with E-state index >= 15 is 0 Å². The van der Waals surface area contributed by atoms with Crippen LogP contribution in [0.15, 0.2) is 24.3 Å². The van der Waals surface area contributed by atoms with Gasteiger partial charge in [0.2, 0.25) is 0 Å². The lowest BCUT2D eigenvalue weighted by atomic mass is 9.84. The van der Waals surface area contributed by atoms with Crippen molar-refractivity contribution in [3.05, 3.63) is 35.4 Å². The van der Waals surface area contributed by atoms with Crippen LogP contribution in [0.25, 0.3) is 0 Å². The van der Waals surface area contributed by atoms with Crippen LogP contribution in [0, 0.1) is 17.8 Å². The maximum atomic E-state index is 13.2. The third-order valence-electron chi connectivity index (χ3n) is 5.56. The maximum absolute atomic E-state index is 13.2. The number of amides is 1. The third-order valence-corrected chi connectivity index (χ3v) is 5.56. The second kappa shape index (κ2) is 13.3. The van der Waals surface area contributed by atoms with E-state index in [1.807, 2.05) is 0 Å². The van der Waals surface area contributed by atoms with Gasteiger partial charge >= 0.3 is 12.1 Å². The fourth-order valence-electron chi connectivity index (χ4n) is 3.40. The molecule has 1 aromatic rings. The molecule has 3 atom stereocenters. The first kappa shape index (κ1) is 30.9. The first-order valence-electron chi connectivity index (χ1n) is 11.4. The van der Waals surface area contributed by atoms with Gasteiger partial charge in [-0.3, -0.25) is 24.0 Å². The average Bonchev–Trinajstić information content (AvgIpc) is 2.80. The Morgan fingerprint density at radius 2 is 1.47 bits per heavy atom. The quantitative estimate of drug-likeness (QED) is 0.217. The Bertz CT molecular complexity index is 961. The largest absolute Gasteiger partial charge is 0.480 e. The standard InChI is InChI=1S/C24H32F3N3O6/c1-12(2)18(28)21(34)16(9-10-29-19(13(3)4)22(35)24(25,26)27)20(33)14-5-7-15(8-6-14)23(36)30-11-17(31)32/h5-8,12-13,16,18-19,29H,9-11,28H2,1-4H3,(H,30,36)(H,31,32)/t16?,18-,19+/m1/s1. The minimum Gasteiger partial charge on any atom is -0.480 e. The molecular formula is C24H32F3N3O6. The van der Waals surface area contributed by atoms with Crippen LogP contribution in [-0.4, -0.2) is 65.7 Å². The molecular weight excluding hydrogens is 483 g/mol. The van der Waals surface area contributed by atoms with E-state index < -0.39 is 65.9 Å². The van der Waals surface area contributed by atoms with E-state index in [0.717, 1.165) is 0 Å². The molecule has 200 valence electrons. The van der Waals surface area contributed by atoms with Gasteiger partial charge in [0.25, 0.3) is 11.7 Å². The first-order valence-corrected chi connectivity index (χ1v) is 11.4. The molecule has 0 aromatic heterocycles. The van der Waals surface area contributed by atoms with Gasteiger partial charge in [-0.1, -0.05) is 39.8 Å². The fraction of sp³-hybridized carbons (Fsp3) is 0.542. The highest BCUT2D eigenvalue weighted by Crippen LogP contribution is 2.22. The number of nitrogens with one attached hydrogen (secondary N) is 2. The first-order chi connectivity index (χ1) is 16.6. The molecule has 0 aliphatic rings. The van der Waals surface area contributed by atoms with Gasteiger partial charge in [-0.2, -0.15) is 13.2 Å². The molecule has 0 saturated heterocycles. The number of benzene rings is 1. The Labute approximate surface area is 207 Å². The Kier molecular flexibility index (Phi) is 11.4. The van der Waals surface area contributed by atoms with Crippen molar-refractivity contribution in [3.63, 3.8) is 0 Å². The second-order valence-corrected chi connectivity index (χ2v) is 9.07. The zero-order valence-electron chi connectivity index (χ0n) is 20.5. The summed E-state index contributed by atoms with van der Waals surface area (Å²) >= 11 is 0. The van der Waals surface area contributed by atoms with Crippen molar-refractivity contribution >= 4 is 29.2 Å². The van der Waals surface area contributed by atoms with Crippen molar-refractivity contribution < 1.29 is 42.3 Å². The van der Waals surface area contributed by atoms with Crippen LogP contribution in [0.3, 0.4) is 0 Å². The smallest absolute Gasteiger partial charge is 0.451 e. The summed E-state index contributed by atoms with van der Waals surface area (Å²) in [5, 5.41) is 13.3. The number of carboxylic acid groups (broad SMARTS) is 1. The van der Waals surface area contributed by atoms with Gasteiger partial charge in [-0.25, -0.2) is 0 Å². The highest BCUT2D eigenvalue weighted by molar-refractivity contribution is 6.12. The summed E-state index contributed by atoms with van der Waals surface area (Å²) in [5.41, 5.74) is 6.10. The van der Waals surface area contributed by atoms with E-state index in [2.05, 4.69) is 10.6 Å². The lowest BCUT2D eigenvalue weighted by Gasteiger charge is -2.25. The van der Waals surface area contributed by atoms with Gasteiger partial charge in [0.1, 0.15) is 6.54 Å². The number of nitrogens with two attached hydrogens (primary N) is 1. The molecule has 0 bridgehead atoms. The molecule has 1 aromatic carbocycles. The zero-order valence-corrected chi connectivity index (χ0v) is 20.5. The molecule has 0 aliphatic heterocycles. The summed E-state index contributed by atoms with van der Waals surface area (Å²) < 4.78 is 38.8. The number of carbonyl (C=O) groups excluding carboxylic acids is 4. The number of halogens is 3. The van der Waals surface area contributed by atoms with Gasteiger partial charge in [-0.15, -0.1) is 0 Å². The normalized spacial score (nSPS) is 14.3. The van der Waals surface area contributed by atoms with E-state index in [4.69, 9.17) is 10.8 Å². The summed E-state index contributed by atoms with van der Waals surface area (Å²) in [7, 11) is 0. The Morgan fingerprint density at radius 3 is 1.92 bits per heavy atom. The van der Waals surface area contributed by atoms with E-state index in [9.17, 15) is 37.1 Å². The van der Waals surface area contributed by atoms with Gasteiger partial charge in [-0.05, 0) is 36.9 Å². The molecule has 0 saturated carbocycles. The lowest BCUT2D eigenvalue weighted by molar-refractivity contribution is -0.174. The van der Waals surface area contributed by atoms with Crippen LogP contribution in [0.2, 0.25) is 0 Å². The van der Waals surface area contributed by atoms with Gasteiger partial charge in [0.05, 0.1) is 18.0 Å². The molecule has 1 rings (SSSR count). The number of hydrogen-bond donors (Lipinski definition) is 4.